The van der Waals surface area contributed by atoms with Gasteiger partial charge in [-0.15, -0.1) is 0 Å². The van der Waals surface area contributed by atoms with E-state index in [2.05, 4.69) is 5.32 Å². The highest BCUT2D eigenvalue weighted by molar-refractivity contribution is 5.98. The van der Waals surface area contributed by atoms with E-state index in [0.717, 1.165) is 11.1 Å². The van der Waals surface area contributed by atoms with Gasteiger partial charge in [-0.2, -0.15) is 0 Å². The van der Waals surface area contributed by atoms with Gasteiger partial charge in [-0.3, -0.25) is 4.79 Å². The molecule has 1 atom stereocenters. The van der Waals surface area contributed by atoms with Crippen LogP contribution in [0.2, 0.25) is 0 Å². The molecule has 0 spiro atoms. The van der Waals surface area contributed by atoms with Crippen molar-refractivity contribution in [3.8, 4) is 5.75 Å². The lowest BCUT2D eigenvalue weighted by Crippen LogP contribution is -2.55. The Morgan fingerprint density at radius 3 is 2.14 bits per heavy atom. The van der Waals surface area contributed by atoms with Crippen LogP contribution >= 0.6 is 0 Å². The first kappa shape index (κ1) is 17.0. The van der Waals surface area contributed by atoms with E-state index in [1.165, 1.54) is 14.0 Å². The van der Waals surface area contributed by atoms with Gasteiger partial charge in [-0.25, -0.2) is 4.79 Å². The predicted molar refractivity (Wildman–Crippen MR) is 77.9 cm³/mol. The van der Waals surface area contributed by atoms with Gasteiger partial charge in [-0.05, 0) is 44.0 Å². The zero-order valence-corrected chi connectivity index (χ0v) is 12.9. The monoisotopic (exact) mass is 295 g/mol. The lowest BCUT2D eigenvalue weighted by molar-refractivity contribution is -0.145. The molecule has 6 heteroatoms. The second-order valence-electron chi connectivity index (χ2n) is 5.17. The van der Waals surface area contributed by atoms with E-state index in [4.69, 9.17) is 9.47 Å². The number of aryl methyl sites for hydroxylation is 2. The SMILES string of the molecule is COCC(C)(NC(=O)c1cc(C)c(OC)c(C)c1)C(=O)O. The summed E-state index contributed by atoms with van der Waals surface area (Å²) in [4.78, 5) is 23.6. The standard InChI is InChI=1S/C15H21NO5/c1-9-6-11(7-10(2)12(9)21-5)13(17)16-15(3,8-20-4)14(18)19/h6-7H,8H2,1-5H3,(H,16,17)(H,18,19). The number of carbonyl (C=O) groups excluding carboxylic acids is 1. The Morgan fingerprint density at radius 1 is 1.24 bits per heavy atom. The highest BCUT2D eigenvalue weighted by Crippen LogP contribution is 2.24. The molecule has 1 amide bonds. The number of hydrogen-bond donors (Lipinski definition) is 2. The van der Waals surface area contributed by atoms with E-state index < -0.39 is 17.4 Å². The van der Waals surface area contributed by atoms with Crippen molar-refractivity contribution < 1.29 is 24.2 Å². The summed E-state index contributed by atoms with van der Waals surface area (Å²) in [6, 6.07) is 3.33. The maximum Gasteiger partial charge on any atom is 0.331 e. The summed E-state index contributed by atoms with van der Waals surface area (Å²) in [5.41, 5.74) is 0.528. The Kier molecular flexibility index (Phi) is 5.32. The molecule has 0 heterocycles. The van der Waals surface area contributed by atoms with E-state index in [9.17, 15) is 14.7 Å². The van der Waals surface area contributed by atoms with Gasteiger partial charge in [0.1, 0.15) is 5.75 Å². The molecule has 6 nitrogen and oxygen atoms in total. The normalized spacial score (nSPS) is 13.4. The number of methoxy groups -OCH3 is 2. The van der Waals surface area contributed by atoms with Gasteiger partial charge in [0, 0.05) is 12.7 Å². The van der Waals surface area contributed by atoms with Gasteiger partial charge in [0.25, 0.3) is 5.91 Å². The molecular weight excluding hydrogens is 274 g/mol. The van der Waals surface area contributed by atoms with Crippen LogP contribution < -0.4 is 10.1 Å². The van der Waals surface area contributed by atoms with Crippen LogP contribution in [0.4, 0.5) is 0 Å². The molecule has 1 rings (SSSR count). The summed E-state index contributed by atoms with van der Waals surface area (Å²) >= 11 is 0. The van der Waals surface area contributed by atoms with Gasteiger partial charge in [-0.1, -0.05) is 0 Å². The fourth-order valence-electron chi connectivity index (χ4n) is 2.17. The summed E-state index contributed by atoms with van der Waals surface area (Å²) in [5, 5.41) is 11.7. The van der Waals surface area contributed by atoms with Crippen molar-refractivity contribution in [2.45, 2.75) is 26.3 Å². The summed E-state index contributed by atoms with van der Waals surface area (Å²) in [6.07, 6.45) is 0. The van der Waals surface area contributed by atoms with Crippen LogP contribution in [0.5, 0.6) is 5.75 Å². The lowest BCUT2D eigenvalue weighted by atomic mass is 10.0. The molecule has 1 unspecified atom stereocenters. The molecule has 2 N–H and O–H groups in total. The highest BCUT2D eigenvalue weighted by Gasteiger charge is 2.35. The molecule has 0 fully saturated rings. The quantitative estimate of drug-likeness (QED) is 0.831. The molecule has 0 aliphatic rings. The molecule has 21 heavy (non-hydrogen) atoms. The van der Waals surface area contributed by atoms with Crippen molar-refractivity contribution in [1.29, 1.82) is 0 Å². The molecule has 0 aliphatic carbocycles. The van der Waals surface area contributed by atoms with Crippen LogP contribution in [0.3, 0.4) is 0 Å². The number of benzene rings is 1. The number of hydrogen-bond acceptors (Lipinski definition) is 4. The fraction of sp³-hybridized carbons (Fsp3) is 0.467. The Hall–Kier alpha value is -2.08. The third kappa shape index (κ3) is 3.72. The Bertz CT molecular complexity index is 532. The third-order valence-corrected chi connectivity index (χ3v) is 3.22. The number of aliphatic carboxylic acids is 1. The van der Waals surface area contributed by atoms with Crippen molar-refractivity contribution in [3.05, 3.63) is 28.8 Å². The molecule has 0 saturated heterocycles. The van der Waals surface area contributed by atoms with E-state index in [1.54, 1.807) is 19.2 Å². The molecule has 116 valence electrons. The zero-order valence-electron chi connectivity index (χ0n) is 12.9. The smallest absolute Gasteiger partial charge is 0.331 e. The molecule has 1 aromatic carbocycles. The predicted octanol–water partition coefficient (Wildman–Crippen LogP) is 1.53. The molecule has 1 aromatic rings. The van der Waals surface area contributed by atoms with Crippen LogP contribution in [0, 0.1) is 13.8 Å². The topological polar surface area (TPSA) is 84.9 Å². The average molecular weight is 295 g/mol. The molecule has 0 saturated carbocycles. The minimum Gasteiger partial charge on any atom is -0.496 e. The fourth-order valence-corrected chi connectivity index (χ4v) is 2.17. The van der Waals surface area contributed by atoms with Crippen LogP contribution in [0.15, 0.2) is 12.1 Å². The van der Waals surface area contributed by atoms with Crippen LogP contribution in [-0.4, -0.2) is 43.3 Å². The second-order valence-corrected chi connectivity index (χ2v) is 5.17. The minimum absolute atomic E-state index is 0.123. The van der Waals surface area contributed by atoms with Crippen molar-refractivity contribution >= 4 is 11.9 Å². The first-order chi connectivity index (χ1) is 9.75. The third-order valence-electron chi connectivity index (χ3n) is 3.22. The van der Waals surface area contributed by atoms with Gasteiger partial charge >= 0.3 is 5.97 Å². The first-order valence-electron chi connectivity index (χ1n) is 6.45. The van der Waals surface area contributed by atoms with Crippen LogP contribution in [-0.2, 0) is 9.53 Å². The lowest BCUT2D eigenvalue weighted by Gasteiger charge is -2.25. The number of rotatable bonds is 6. The maximum atomic E-state index is 12.3. The highest BCUT2D eigenvalue weighted by atomic mass is 16.5. The number of ether oxygens (including phenoxy) is 2. The van der Waals surface area contributed by atoms with Gasteiger partial charge < -0.3 is 19.9 Å². The number of carboxylic acids is 1. The summed E-state index contributed by atoms with van der Waals surface area (Å²) in [5.74, 6) is -0.908. The summed E-state index contributed by atoms with van der Waals surface area (Å²) in [6.45, 7) is 4.94. The van der Waals surface area contributed by atoms with Crippen molar-refractivity contribution in [1.82, 2.24) is 5.32 Å². The van der Waals surface area contributed by atoms with Crippen molar-refractivity contribution in [2.24, 2.45) is 0 Å². The maximum absolute atomic E-state index is 12.3. The molecule has 0 radical (unpaired) electrons. The zero-order chi connectivity index (χ0) is 16.2. The van der Waals surface area contributed by atoms with Gasteiger partial charge in [0.05, 0.1) is 13.7 Å². The Labute approximate surface area is 124 Å². The first-order valence-corrected chi connectivity index (χ1v) is 6.45. The molecular formula is C15H21NO5. The second kappa shape index (κ2) is 6.58. The van der Waals surface area contributed by atoms with E-state index in [0.29, 0.717) is 11.3 Å². The van der Waals surface area contributed by atoms with Crippen molar-refractivity contribution in [3.63, 3.8) is 0 Å². The van der Waals surface area contributed by atoms with Crippen molar-refractivity contribution in [2.75, 3.05) is 20.8 Å². The Morgan fingerprint density at radius 2 is 1.76 bits per heavy atom. The Balaban J connectivity index is 3.07. The van der Waals surface area contributed by atoms with E-state index >= 15 is 0 Å². The molecule has 0 aromatic heterocycles. The summed E-state index contributed by atoms with van der Waals surface area (Å²) in [7, 11) is 2.95. The van der Waals surface area contributed by atoms with Gasteiger partial charge in [0.2, 0.25) is 0 Å². The number of carbonyl (C=O) groups is 2. The van der Waals surface area contributed by atoms with E-state index in [1.807, 2.05) is 13.8 Å². The van der Waals surface area contributed by atoms with E-state index in [-0.39, 0.29) is 6.61 Å². The number of carboxylic acid groups (broad SMARTS) is 1. The van der Waals surface area contributed by atoms with Crippen LogP contribution in [0.1, 0.15) is 28.4 Å². The van der Waals surface area contributed by atoms with Crippen LogP contribution in [0.25, 0.3) is 0 Å². The number of nitrogens with one attached hydrogen (secondary N) is 1. The molecule has 0 bridgehead atoms. The minimum atomic E-state index is -1.48. The average Bonchev–Trinajstić information content (AvgIpc) is 2.38. The van der Waals surface area contributed by atoms with Gasteiger partial charge in [0.15, 0.2) is 5.54 Å². The number of amides is 1. The summed E-state index contributed by atoms with van der Waals surface area (Å²) < 4.78 is 10.1. The molecule has 0 aliphatic heterocycles. The largest absolute Gasteiger partial charge is 0.496 e.